The van der Waals surface area contributed by atoms with Crippen LogP contribution in [0.4, 0.5) is 0 Å². The molecule has 4 fully saturated rings. The van der Waals surface area contributed by atoms with Gasteiger partial charge in [-0.3, -0.25) is 4.90 Å². The molecule has 2 aromatic heterocycles. The molecule has 6 heterocycles. The van der Waals surface area contributed by atoms with Crippen molar-refractivity contribution in [2.45, 2.75) is 38.0 Å². The maximum absolute atomic E-state index is 13.9. The lowest BCUT2D eigenvalue weighted by atomic mass is 9.83. The van der Waals surface area contributed by atoms with Gasteiger partial charge in [-0.1, -0.05) is 41.6 Å². The van der Waals surface area contributed by atoms with Crippen LogP contribution in [0.15, 0.2) is 58.4 Å². The van der Waals surface area contributed by atoms with Gasteiger partial charge in [0.2, 0.25) is 0 Å². The highest BCUT2D eigenvalue weighted by atomic mass is 35.5. The summed E-state index contributed by atoms with van der Waals surface area (Å²) >= 11 is 3.62. The van der Waals surface area contributed by atoms with E-state index >= 15 is 0 Å². The molecule has 0 spiro atoms. The first-order valence-electron chi connectivity index (χ1n) is 13.0. The van der Waals surface area contributed by atoms with Gasteiger partial charge in [0.15, 0.2) is 17.4 Å². The van der Waals surface area contributed by atoms with Gasteiger partial charge >= 0.3 is 5.97 Å². The quantitative estimate of drug-likeness (QED) is 0.326. The van der Waals surface area contributed by atoms with Crippen molar-refractivity contribution in [2.24, 2.45) is 5.92 Å². The van der Waals surface area contributed by atoms with E-state index in [0.717, 1.165) is 90.0 Å². The van der Waals surface area contributed by atoms with E-state index in [0.29, 0.717) is 5.92 Å². The van der Waals surface area contributed by atoms with Crippen molar-refractivity contribution in [3.63, 3.8) is 0 Å². The number of thioether (sulfide) groups is 1. The highest BCUT2D eigenvalue weighted by molar-refractivity contribution is 7.99. The minimum Gasteiger partial charge on any atom is -1.00 e. The molecular weight excluding hydrogens is 526 g/mol. The van der Waals surface area contributed by atoms with Gasteiger partial charge in [-0.2, -0.15) is 11.8 Å². The number of rotatable bonds is 7. The fraction of sp³-hybridized carbons (Fsp3) is 0.500. The molecule has 1 aromatic carbocycles. The van der Waals surface area contributed by atoms with E-state index in [1.54, 1.807) is 11.3 Å². The van der Waals surface area contributed by atoms with Gasteiger partial charge in [-0.25, -0.2) is 4.79 Å². The summed E-state index contributed by atoms with van der Waals surface area (Å²) in [4.78, 5) is 17.3. The van der Waals surface area contributed by atoms with Gasteiger partial charge in [-0.05, 0) is 18.4 Å². The fourth-order valence-corrected chi connectivity index (χ4v) is 8.05. The van der Waals surface area contributed by atoms with Crippen LogP contribution in [0.25, 0.3) is 11.3 Å². The van der Waals surface area contributed by atoms with Crippen LogP contribution in [0.5, 0.6) is 0 Å². The van der Waals surface area contributed by atoms with E-state index in [-0.39, 0.29) is 24.5 Å². The number of nitrogens with zero attached hydrogens (tertiary/aromatic N) is 3. The largest absolute Gasteiger partial charge is 1.00 e. The highest BCUT2D eigenvalue weighted by Crippen LogP contribution is 2.40. The van der Waals surface area contributed by atoms with Gasteiger partial charge in [0.05, 0.1) is 13.1 Å². The Labute approximate surface area is 233 Å². The molecule has 4 saturated heterocycles. The van der Waals surface area contributed by atoms with Crippen LogP contribution in [0.2, 0.25) is 0 Å². The smallest absolute Gasteiger partial charge is 0.332 e. The summed E-state index contributed by atoms with van der Waals surface area (Å²) in [5, 5.41) is 6.40. The highest BCUT2D eigenvalue weighted by Gasteiger charge is 2.51. The molecule has 0 N–H and O–H groups in total. The number of hydrogen-bond acceptors (Lipinski definition) is 7. The van der Waals surface area contributed by atoms with E-state index < -0.39 is 5.54 Å². The van der Waals surface area contributed by atoms with Crippen LogP contribution in [0.1, 0.15) is 30.4 Å². The Bertz CT molecular complexity index is 1170. The maximum atomic E-state index is 13.9. The van der Waals surface area contributed by atoms with Crippen molar-refractivity contribution in [3.05, 3.63) is 64.5 Å². The van der Waals surface area contributed by atoms with Gasteiger partial charge in [0, 0.05) is 59.9 Å². The minimum atomic E-state index is -0.721. The third-order valence-electron chi connectivity index (χ3n) is 8.46. The Balaban J connectivity index is 0.00000280. The predicted molar refractivity (Wildman–Crippen MR) is 144 cm³/mol. The number of fused-ring (bicyclic) bond motifs is 3. The van der Waals surface area contributed by atoms with E-state index in [9.17, 15) is 4.79 Å². The molecule has 2 atom stereocenters. The molecule has 7 rings (SSSR count). The van der Waals surface area contributed by atoms with Crippen LogP contribution in [0, 0.1) is 5.92 Å². The standard InChI is InChI=1S/C28H34N3O3S2.ClH/c1-28(26-8-5-15-36-26,30-11-16-35-17-12-30)27(32)33-25-20-31(13-9-22(25)10-14-31)19-23-18-24(29-34-23)21-6-3-2-4-7-21;/h2-8,15,18,22,25H,9-14,16-17,19-20H2,1H3;1H/q+1;/p-1/t22?,25-,28?,31?;/m0./s1. The Morgan fingerprint density at radius 2 is 1.92 bits per heavy atom. The van der Waals surface area contributed by atoms with E-state index in [1.807, 2.05) is 36.0 Å². The number of thiophene rings is 1. The summed E-state index contributed by atoms with van der Waals surface area (Å²) in [6.45, 7) is 7.76. The number of aromatic nitrogens is 1. The number of carbonyl (C=O) groups excluding carboxylic acids is 1. The van der Waals surface area contributed by atoms with Crippen molar-refractivity contribution < 1.29 is 30.9 Å². The van der Waals surface area contributed by atoms with Crippen LogP contribution < -0.4 is 12.4 Å². The average molecular weight is 560 g/mol. The zero-order valence-electron chi connectivity index (χ0n) is 21.2. The summed E-state index contributed by atoms with van der Waals surface area (Å²) < 4.78 is 13.2. The number of halogens is 1. The van der Waals surface area contributed by atoms with Crippen molar-refractivity contribution in [3.8, 4) is 11.3 Å². The van der Waals surface area contributed by atoms with Gasteiger partial charge in [-0.15, -0.1) is 11.3 Å². The summed E-state index contributed by atoms with van der Waals surface area (Å²) in [6.07, 6.45) is 2.14. The number of quaternary nitrogens is 1. The molecule has 0 aliphatic carbocycles. The second-order valence-electron chi connectivity index (χ2n) is 10.6. The molecule has 37 heavy (non-hydrogen) atoms. The van der Waals surface area contributed by atoms with Crippen molar-refractivity contribution in [2.75, 3.05) is 44.2 Å². The normalized spacial score (nSPS) is 27.3. The third kappa shape index (κ3) is 5.23. The van der Waals surface area contributed by atoms with Crippen molar-refractivity contribution in [1.82, 2.24) is 10.1 Å². The number of hydrogen-bond donors (Lipinski definition) is 0. The molecule has 4 aliphatic rings. The lowest BCUT2D eigenvalue weighted by Gasteiger charge is -2.52. The lowest BCUT2D eigenvalue weighted by molar-refractivity contribution is -0.959. The molecule has 1 unspecified atom stereocenters. The number of esters is 1. The van der Waals surface area contributed by atoms with E-state index in [4.69, 9.17) is 9.26 Å². The first-order chi connectivity index (χ1) is 17.6. The summed E-state index contributed by atoms with van der Waals surface area (Å²) in [7, 11) is 0. The molecule has 3 aromatic rings. The number of carbonyl (C=O) groups is 1. The molecule has 9 heteroatoms. The van der Waals surface area contributed by atoms with Gasteiger partial charge in [0.25, 0.3) is 0 Å². The monoisotopic (exact) mass is 559 g/mol. The van der Waals surface area contributed by atoms with Crippen LogP contribution in [0.3, 0.4) is 0 Å². The van der Waals surface area contributed by atoms with E-state index in [1.165, 1.54) is 0 Å². The first-order valence-corrected chi connectivity index (χ1v) is 15.0. The van der Waals surface area contributed by atoms with Crippen molar-refractivity contribution in [1.29, 1.82) is 0 Å². The molecule has 4 aliphatic heterocycles. The molecule has 0 amide bonds. The summed E-state index contributed by atoms with van der Waals surface area (Å²) in [6, 6.07) is 16.4. The van der Waals surface area contributed by atoms with Gasteiger partial charge in [0.1, 0.15) is 18.8 Å². The zero-order valence-corrected chi connectivity index (χ0v) is 23.6. The lowest BCUT2D eigenvalue weighted by Crippen LogP contribution is -3.00. The van der Waals surface area contributed by atoms with E-state index in [2.05, 4.69) is 46.6 Å². The second kappa shape index (κ2) is 11.1. The third-order valence-corrected chi connectivity index (χ3v) is 10.5. The summed E-state index contributed by atoms with van der Waals surface area (Å²) in [5.41, 5.74) is 1.23. The Morgan fingerprint density at radius 3 is 2.62 bits per heavy atom. The van der Waals surface area contributed by atoms with Crippen LogP contribution in [-0.2, 0) is 21.6 Å². The van der Waals surface area contributed by atoms with Crippen molar-refractivity contribution >= 4 is 29.1 Å². The molecule has 2 bridgehead atoms. The molecule has 0 radical (unpaired) electrons. The SMILES string of the molecule is CC(C(=O)O[C@H]1C[N+]2(Cc3cc(-c4ccccc4)no3)CCC1CC2)(c1cccs1)N1CCSCC1.[Cl-]. The maximum Gasteiger partial charge on any atom is 0.332 e. The van der Waals surface area contributed by atoms with Gasteiger partial charge < -0.3 is 26.2 Å². The Morgan fingerprint density at radius 1 is 1.16 bits per heavy atom. The topological polar surface area (TPSA) is 55.6 Å². The number of benzene rings is 1. The first kappa shape index (κ1) is 26.8. The average Bonchev–Trinajstić information content (AvgIpc) is 3.63. The number of piperidine rings is 3. The molecule has 198 valence electrons. The molecular formula is C28H34ClN3O3S2. The predicted octanol–water partition coefficient (Wildman–Crippen LogP) is 2.02. The van der Waals surface area contributed by atoms with Crippen LogP contribution in [-0.4, -0.2) is 70.8 Å². The second-order valence-corrected chi connectivity index (χ2v) is 12.8. The number of ether oxygens (including phenoxy) is 1. The Kier molecular flexibility index (Phi) is 8.03. The minimum absolute atomic E-state index is 0. The zero-order chi connectivity index (χ0) is 24.6. The summed E-state index contributed by atoms with van der Waals surface area (Å²) in [5.74, 6) is 3.40. The molecule has 0 saturated carbocycles. The fourth-order valence-electron chi connectivity index (χ4n) is 6.24. The Hall–Kier alpha value is -1.84. The molecule has 6 nitrogen and oxygen atoms in total. The van der Waals surface area contributed by atoms with Crippen LogP contribution >= 0.6 is 23.1 Å².